The van der Waals surface area contributed by atoms with Crippen LogP contribution in [0.3, 0.4) is 0 Å². The number of fused-ring (bicyclic) bond motifs is 5. The number of carbonyl (C=O) groups excluding carboxylic acids is 1. The van der Waals surface area contributed by atoms with Gasteiger partial charge in [-0.05, 0) is 97.2 Å². The molecule has 0 aromatic rings. The van der Waals surface area contributed by atoms with E-state index >= 15 is 0 Å². The van der Waals surface area contributed by atoms with Crippen LogP contribution < -0.4 is 0 Å². The topological polar surface area (TPSA) is 66.8 Å². The van der Waals surface area contributed by atoms with Gasteiger partial charge in [-0.1, -0.05) is 34.1 Å². The number of methoxy groups -OCH3 is 1. The Labute approximate surface area is 183 Å². The van der Waals surface area contributed by atoms with Crippen molar-refractivity contribution in [3.8, 4) is 0 Å². The van der Waals surface area contributed by atoms with Gasteiger partial charge in [0.25, 0.3) is 0 Å². The Hall–Kier alpha value is -0.610. The quantitative estimate of drug-likeness (QED) is 0.640. The molecule has 0 spiro atoms. The Morgan fingerprint density at radius 3 is 2.37 bits per heavy atom. The summed E-state index contributed by atoms with van der Waals surface area (Å²) < 4.78 is 4.96. The minimum Gasteiger partial charge on any atom is -0.469 e. The van der Waals surface area contributed by atoms with Crippen LogP contribution in [-0.2, 0) is 9.53 Å². The number of rotatable bonds is 4. The predicted molar refractivity (Wildman–Crippen MR) is 118 cm³/mol. The van der Waals surface area contributed by atoms with Gasteiger partial charge in [0.2, 0.25) is 0 Å². The minimum absolute atomic E-state index is 0.0944. The van der Waals surface area contributed by atoms with Gasteiger partial charge in [0, 0.05) is 6.42 Å². The molecular formula is C26H44O4. The van der Waals surface area contributed by atoms with E-state index in [0.717, 1.165) is 25.7 Å². The molecule has 4 aliphatic rings. The van der Waals surface area contributed by atoms with Gasteiger partial charge in [-0.2, -0.15) is 0 Å². The fourth-order valence-corrected chi connectivity index (χ4v) is 9.42. The summed E-state index contributed by atoms with van der Waals surface area (Å²) in [5, 5.41) is 22.1. The maximum absolute atomic E-state index is 11.9. The number of carbonyl (C=O) groups is 1. The van der Waals surface area contributed by atoms with Crippen molar-refractivity contribution in [2.24, 2.45) is 52.3 Å². The first-order chi connectivity index (χ1) is 14.2. The van der Waals surface area contributed by atoms with Crippen LogP contribution in [0, 0.1) is 52.3 Å². The van der Waals surface area contributed by atoms with E-state index in [4.69, 9.17) is 4.74 Å². The monoisotopic (exact) mass is 420 g/mol. The highest BCUT2D eigenvalue weighted by Gasteiger charge is 2.64. The molecule has 0 aromatic carbocycles. The van der Waals surface area contributed by atoms with Gasteiger partial charge in [-0.25, -0.2) is 0 Å². The summed E-state index contributed by atoms with van der Waals surface area (Å²) in [6.45, 7) is 9.41. The minimum atomic E-state index is -0.248. The van der Waals surface area contributed by atoms with Crippen molar-refractivity contribution in [1.82, 2.24) is 0 Å². The van der Waals surface area contributed by atoms with Crippen LogP contribution in [0.1, 0.15) is 85.5 Å². The number of aliphatic hydroxyl groups is 2. The molecule has 0 aromatic heterocycles. The Morgan fingerprint density at radius 2 is 1.70 bits per heavy atom. The second-order valence-electron chi connectivity index (χ2n) is 11.9. The molecule has 4 aliphatic carbocycles. The van der Waals surface area contributed by atoms with Crippen molar-refractivity contribution >= 4 is 5.97 Å². The lowest BCUT2D eigenvalue weighted by Gasteiger charge is -2.64. The second kappa shape index (κ2) is 8.06. The Morgan fingerprint density at radius 1 is 1.03 bits per heavy atom. The van der Waals surface area contributed by atoms with Crippen LogP contribution in [0.25, 0.3) is 0 Å². The molecule has 0 saturated heterocycles. The van der Waals surface area contributed by atoms with Crippen LogP contribution >= 0.6 is 0 Å². The molecule has 0 radical (unpaired) electrons. The normalized spacial score (nSPS) is 51.4. The number of hydrogen-bond acceptors (Lipinski definition) is 4. The first kappa shape index (κ1) is 22.6. The van der Waals surface area contributed by atoms with Gasteiger partial charge in [0.05, 0.1) is 19.3 Å². The van der Waals surface area contributed by atoms with Crippen molar-refractivity contribution in [2.75, 3.05) is 7.11 Å². The summed E-state index contributed by atoms with van der Waals surface area (Å²) in [6, 6.07) is 0. The van der Waals surface area contributed by atoms with Crippen LogP contribution in [0.15, 0.2) is 0 Å². The zero-order valence-corrected chi connectivity index (χ0v) is 19.8. The van der Waals surface area contributed by atoms with Crippen molar-refractivity contribution in [1.29, 1.82) is 0 Å². The first-order valence-corrected chi connectivity index (χ1v) is 12.6. The van der Waals surface area contributed by atoms with Gasteiger partial charge in [0.15, 0.2) is 0 Å². The lowest BCUT2D eigenvalue weighted by Crippen LogP contribution is -2.62. The number of aliphatic hydroxyl groups excluding tert-OH is 2. The summed E-state index contributed by atoms with van der Waals surface area (Å²) in [5.74, 6) is 3.02. The number of ether oxygens (including phenoxy) is 1. The van der Waals surface area contributed by atoms with E-state index in [9.17, 15) is 15.0 Å². The molecule has 4 unspecified atom stereocenters. The van der Waals surface area contributed by atoms with E-state index < -0.39 is 0 Å². The molecule has 11 atom stereocenters. The molecule has 2 N–H and O–H groups in total. The average Bonchev–Trinajstić information content (AvgIpc) is 3.06. The maximum Gasteiger partial charge on any atom is 0.305 e. The van der Waals surface area contributed by atoms with Crippen molar-refractivity contribution in [2.45, 2.75) is 97.7 Å². The van der Waals surface area contributed by atoms with Crippen LogP contribution in [0.5, 0.6) is 0 Å². The zero-order chi connectivity index (χ0) is 21.8. The summed E-state index contributed by atoms with van der Waals surface area (Å²) in [6.07, 6.45) is 8.73. The van der Waals surface area contributed by atoms with Crippen molar-refractivity contribution < 1.29 is 19.7 Å². The highest BCUT2D eigenvalue weighted by Crippen LogP contribution is 2.69. The molecular weight excluding hydrogens is 376 g/mol. The number of esters is 1. The highest BCUT2D eigenvalue weighted by atomic mass is 16.5. The van der Waals surface area contributed by atoms with Crippen molar-refractivity contribution in [3.05, 3.63) is 0 Å². The summed E-state index contributed by atoms with van der Waals surface area (Å²) in [4.78, 5) is 11.9. The van der Waals surface area contributed by atoms with E-state index in [1.165, 1.54) is 32.8 Å². The molecule has 4 saturated carbocycles. The Balaban J connectivity index is 1.63. The van der Waals surface area contributed by atoms with E-state index in [1.807, 2.05) is 0 Å². The molecule has 0 aliphatic heterocycles. The van der Waals surface area contributed by atoms with Crippen molar-refractivity contribution in [3.63, 3.8) is 0 Å². The molecule has 4 fully saturated rings. The Kier molecular flexibility index (Phi) is 6.07. The summed E-state index contributed by atoms with van der Waals surface area (Å²) >= 11 is 0. The second-order valence-corrected chi connectivity index (χ2v) is 11.9. The number of hydrogen-bond donors (Lipinski definition) is 2. The summed E-state index contributed by atoms with van der Waals surface area (Å²) in [5.41, 5.74) is 0.464. The predicted octanol–water partition coefficient (Wildman–Crippen LogP) is 4.81. The average molecular weight is 421 g/mol. The third-order valence-corrected chi connectivity index (χ3v) is 10.9. The largest absolute Gasteiger partial charge is 0.469 e. The molecule has 0 amide bonds. The van der Waals surface area contributed by atoms with E-state index in [0.29, 0.717) is 47.8 Å². The fourth-order valence-electron chi connectivity index (χ4n) is 9.42. The van der Waals surface area contributed by atoms with Crippen LogP contribution in [0.2, 0.25) is 0 Å². The third kappa shape index (κ3) is 3.27. The SMILES string of the molecule is CC[C@H]1[C@@H](O)C2C3CCC([C@H](C)CC(=O)OC)[C@@]3(C)CCC2[C@@]2(C)CC[C@@H](O)C[C@@H]12. The van der Waals surface area contributed by atoms with Gasteiger partial charge in [0.1, 0.15) is 0 Å². The van der Waals surface area contributed by atoms with E-state index in [-0.39, 0.29) is 29.0 Å². The standard InChI is InChI=1S/C26H44O4/c1-6-17-21-14-16(27)9-11-26(21,4)20-10-12-25(3)18(15(2)13-22(28)30-5)7-8-19(25)23(20)24(17)29/h15-21,23-24,27,29H,6-14H2,1-5H3/t15-,16-,17-,18?,19?,20?,21+,23?,24-,25-,26-/m1/s1. The molecule has 172 valence electrons. The van der Waals surface area contributed by atoms with E-state index in [1.54, 1.807) is 0 Å². The highest BCUT2D eigenvalue weighted by molar-refractivity contribution is 5.69. The van der Waals surface area contributed by atoms with Gasteiger partial charge in [-0.15, -0.1) is 0 Å². The fraction of sp³-hybridized carbons (Fsp3) is 0.962. The van der Waals surface area contributed by atoms with Gasteiger partial charge >= 0.3 is 5.97 Å². The summed E-state index contributed by atoms with van der Waals surface area (Å²) in [7, 11) is 1.49. The first-order valence-electron chi connectivity index (χ1n) is 12.6. The molecule has 0 heterocycles. The molecule has 4 heteroatoms. The third-order valence-electron chi connectivity index (χ3n) is 10.9. The molecule has 30 heavy (non-hydrogen) atoms. The lowest BCUT2D eigenvalue weighted by molar-refractivity contribution is -0.203. The molecule has 4 rings (SSSR count). The molecule has 4 nitrogen and oxygen atoms in total. The lowest BCUT2D eigenvalue weighted by atomic mass is 9.41. The Bertz CT molecular complexity index is 649. The van der Waals surface area contributed by atoms with Gasteiger partial charge in [-0.3, -0.25) is 4.79 Å². The zero-order valence-electron chi connectivity index (χ0n) is 19.8. The van der Waals surface area contributed by atoms with Gasteiger partial charge < -0.3 is 14.9 Å². The maximum atomic E-state index is 11.9. The van der Waals surface area contributed by atoms with Crippen LogP contribution in [-0.4, -0.2) is 35.5 Å². The van der Waals surface area contributed by atoms with Crippen LogP contribution in [0.4, 0.5) is 0 Å². The van der Waals surface area contributed by atoms with E-state index in [2.05, 4.69) is 27.7 Å². The molecule has 0 bridgehead atoms. The smallest absolute Gasteiger partial charge is 0.305 e.